The maximum absolute atomic E-state index is 13.7. The molecule has 6 fully saturated rings. The Balaban J connectivity index is 1.51. The van der Waals surface area contributed by atoms with Gasteiger partial charge in [-0.3, -0.25) is 4.79 Å². The minimum Gasteiger partial charge on any atom is -0.455 e. The second-order valence-corrected chi connectivity index (χ2v) is 14.2. The molecule has 5 unspecified atom stereocenters. The maximum atomic E-state index is 13.7. The molecule has 14 atom stereocenters. The first-order valence-electron chi connectivity index (χ1n) is 15.7. The highest BCUT2D eigenvalue weighted by molar-refractivity contribution is 5.89. The predicted molar refractivity (Wildman–Crippen MR) is 154 cm³/mol. The van der Waals surface area contributed by atoms with Gasteiger partial charge >= 0.3 is 11.9 Å². The molecule has 1 saturated heterocycles. The van der Waals surface area contributed by atoms with Crippen molar-refractivity contribution < 1.29 is 48.2 Å². The molecule has 5 aliphatic carbocycles. The Hall–Kier alpha value is -2.12. The summed E-state index contributed by atoms with van der Waals surface area (Å²) in [6.07, 6.45) is -2.66. The number of rotatable bonds is 8. The summed E-state index contributed by atoms with van der Waals surface area (Å²) in [6, 6.07) is 8.39. The van der Waals surface area contributed by atoms with E-state index in [1.54, 1.807) is 45.6 Å². The summed E-state index contributed by atoms with van der Waals surface area (Å²) in [5.41, 5.74) is -3.93. The Morgan fingerprint density at radius 2 is 1.75 bits per heavy atom. The van der Waals surface area contributed by atoms with E-state index < -0.39 is 64.8 Å². The van der Waals surface area contributed by atoms with E-state index in [2.05, 4.69) is 11.9 Å². The van der Waals surface area contributed by atoms with Gasteiger partial charge in [-0.05, 0) is 44.4 Å². The van der Waals surface area contributed by atoms with E-state index in [1.807, 2.05) is 6.07 Å². The lowest BCUT2D eigenvalue weighted by atomic mass is 9.43. The average molecular weight is 616 g/mol. The molecule has 6 aliphatic rings. The maximum Gasteiger partial charge on any atom is 0.338 e. The van der Waals surface area contributed by atoms with Crippen LogP contribution in [0.5, 0.6) is 0 Å². The van der Waals surface area contributed by atoms with Crippen LogP contribution in [0.15, 0.2) is 30.3 Å². The van der Waals surface area contributed by atoms with Crippen molar-refractivity contribution in [3.8, 4) is 0 Å². The van der Waals surface area contributed by atoms with Crippen LogP contribution in [-0.2, 0) is 33.2 Å². The lowest BCUT2D eigenvalue weighted by molar-refractivity contribution is -0.316. The fraction of sp³-hybridized carbons (Fsp3) is 0.758. The van der Waals surface area contributed by atoms with E-state index in [1.165, 1.54) is 14.0 Å². The van der Waals surface area contributed by atoms with Crippen LogP contribution in [0.3, 0.4) is 0 Å². The molecule has 242 valence electrons. The smallest absolute Gasteiger partial charge is 0.338 e. The first-order chi connectivity index (χ1) is 21.0. The normalized spacial score (nSPS) is 49.9. The number of carbonyl (C=O) groups excluding carboxylic acids is 2. The minimum absolute atomic E-state index is 0.103. The largest absolute Gasteiger partial charge is 0.455 e. The summed E-state index contributed by atoms with van der Waals surface area (Å²) in [4.78, 5) is 29.2. The van der Waals surface area contributed by atoms with Crippen molar-refractivity contribution >= 4 is 11.9 Å². The topological polar surface area (TPSA) is 133 Å². The molecular formula is C33H45NO10. The number of methoxy groups -OCH3 is 4. The lowest BCUT2D eigenvalue weighted by Crippen LogP contribution is -2.80. The highest BCUT2D eigenvalue weighted by atomic mass is 16.6. The molecule has 11 nitrogen and oxygen atoms in total. The van der Waals surface area contributed by atoms with Crippen molar-refractivity contribution in [1.29, 1.82) is 0 Å². The monoisotopic (exact) mass is 615 g/mol. The molecule has 7 rings (SSSR count). The van der Waals surface area contributed by atoms with Crippen LogP contribution in [0.4, 0.5) is 0 Å². The van der Waals surface area contributed by atoms with E-state index in [9.17, 15) is 19.8 Å². The van der Waals surface area contributed by atoms with Gasteiger partial charge in [0.15, 0.2) is 5.60 Å². The van der Waals surface area contributed by atoms with Gasteiger partial charge in [0.1, 0.15) is 23.9 Å². The van der Waals surface area contributed by atoms with Crippen molar-refractivity contribution in [2.24, 2.45) is 34.5 Å². The van der Waals surface area contributed by atoms with E-state index >= 15 is 0 Å². The van der Waals surface area contributed by atoms with Crippen LogP contribution in [-0.4, -0.2) is 123 Å². The van der Waals surface area contributed by atoms with Gasteiger partial charge in [-0.2, -0.15) is 0 Å². The van der Waals surface area contributed by atoms with E-state index in [4.69, 9.17) is 28.4 Å². The molecule has 1 aromatic rings. The molecule has 11 heteroatoms. The van der Waals surface area contributed by atoms with Crippen molar-refractivity contribution in [3.05, 3.63) is 35.9 Å². The van der Waals surface area contributed by atoms with Gasteiger partial charge in [0.05, 0.1) is 24.4 Å². The van der Waals surface area contributed by atoms with Crippen molar-refractivity contribution in [3.63, 3.8) is 0 Å². The molecular weight excluding hydrogens is 570 g/mol. The summed E-state index contributed by atoms with van der Waals surface area (Å²) in [7, 11) is 8.63. The van der Waals surface area contributed by atoms with Crippen LogP contribution in [0.1, 0.15) is 36.5 Å². The number of aliphatic hydroxyl groups is 2. The fourth-order valence-corrected chi connectivity index (χ4v) is 12.3. The van der Waals surface area contributed by atoms with Gasteiger partial charge < -0.3 is 43.5 Å². The molecule has 5 saturated carbocycles. The van der Waals surface area contributed by atoms with E-state index in [-0.39, 0.29) is 35.8 Å². The quantitative estimate of drug-likeness (QED) is 0.410. The molecule has 0 radical (unpaired) electrons. The van der Waals surface area contributed by atoms with Gasteiger partial charge in [-0.1, -0.05) is 18.2 Å². The Labute approximate surface area is 258 Å². The zero-order valence-corrected chi connectivity index (χ0v) is 26.3. The molecule has 1 spiro atoms. The summed E-state index contributed by atoms with van der Waals surface area (Å²) in [5.74, 6) is -2.96. The Bertz CT molecular complexity index is 1310. The van der Waals surface area contributed by atoms with Gasteiger partial charge in [-0.25, -0.2) is 4.79 Å². The van der Waals surface area contributed by atoms with Crippen molar-refractivity contribution in [1.82, 2.24) is 4.90 Å². The fourth-order valence-electron chi connectivity index (χ4n) is 12.3. The number of ether oxygens (including phenoxy) is 6. The van der Waals surface area contributed by atoms with Crippen LogP contribution < -0.4 is 0 Å². The first kappa shape index (κ1) is 30.5. The summed E-state index contributed by atoms with van der Waals surface area (Å²) in [5, 5.41) is 25.1. The van der Waals surface area contributed by atoms with Crippen LogP contribution in [0.25, 0.3) is 0 Å². The molecule has 2 N–H and O–H groups in total. The number of benzene rings is 1. The number of fused-ring (bicyclic) bond motifs is 2. The highest BCUT2D eigenvalue weighted by Crippen LogP contribution is 2.80. The van der Waals surface area contributed by atoms with Crippen LogP contribution >= 0.6 is 0 Å². The molecule has 1 aromatic carbocycles. The average Bonchev–Trinajstić information content (AvgIpc) is 3.39. The van der Waals surface area contributed by atoms with Crippen LogP contribution in [0.2, 0.25) is 0 Å². The summed E-state index contributed by atoms with van der Waals surface area (Å²) >= 11 is 0. The third kappa shape index (κ3) is 3.41. The Morgan fingerprint density at radius 3 is 2.36 bits per heavy atom. The molecule has 0 aromatic heterocycles. The number of esters is 2. The highest BCUT2D eigenvalue weighted by Gasteiger charge is 2.91. The first-order valence-corrected chi connectivity index (χ1v) is 15.7. The van der Waals surface area contributed by atoms with Crippen molar-refractivity contribution in [2.75, 3.05) is 48.6 Å². The van der Waals surface area contributed by atoms with Gasteiger partial charge in [0, 0.05) is 76.5 Å². The SMILES string of the molecule is COC[C@@]12CC[C@H](OC)C34C(C([C@H](OC)C31)[C@]1(OC(C)=O)C3[C@H]4C[C@@](O)([C@@H]3OC(=O)c3ccccc3)[C@@H](OC)[C@@H]1O)N(C)C2. The second-order valence-electron chi connectivity index (χ2n) is 14.2. The molecule has 0 amide bonds. The number of likely N-dealkylation sites (tertiary alicyclic amines) is 1. The minimum atomic E-state index is -1.76. The summed E-state index contributed by atoms with van der Waals surface area (Å²) < 4.78 is 37.5. The van der Waals surface area contributed by atoms with E-state index in [0.717, 1.165) is 19.4 Å². The van der Waals surface area contributed by atoms with Gasteiger partial charge in [0.2, 0.25) is 0 Å². The van der Waals surface area contributed by atoms with Crippen molar-refractivity contribution in [2.45, 2.75) is 73.9 Å². The predicted octanol–water partition coefficient (Wildman–Crippen LogP) is 1.29. The molecule has 1 aliphatic heterocycles. The summed E-state index contributed by atoms with van der Waals surface area (Å²) in [6.45, 7) is 2.56. The van der Waals surface area contributed by atoms with Gasteiger partial charge in [-0.15, -0.1) is 0 Å². The number of piperidine rings is 1. The lowest BCUT2D eigenvalue weighted by Gasteiger charge is -2.69. The zero-order chi connectivity index (χ0) is 31.4. The third-order valence-corrected chi connectivity index (χ3v) is 12.8. The number of aliphatic hydroxyl groups excluding tert-OH is 1. The number of carbonyl (C=O) groups is 2. The van der Waals surface area contributed by atoms with E-state index in [0.29, 0.717) is 12.2 Å². The molecule has 44 heavy (non-hydrogen) atoms. The molecule has 7 bridgehead atoms. The zero-order valence-electron chi connectivity index (χ0n) is 26.3. The Kier molecular flexibility index (Phi) is 7.07. The number of nitrogens with zero attached hydrogens (tertiary/aromatic N) is 1. The standard InChI is InChI=1S/C33H45NO10/c1-17(35)44-33-21-19(14-31(38,28(42-6)26(33)36)27(21)43-29(37)18-10-8-7-9-11-18)32-20(40-4)12-13-30(16-39-3)15-34(2)25(32)22(33)23(41-5)24(30)32/h7-11,19-28,36,38H,12-16H2,1-6H3/t19-,20+,21?,22?,23+,24?,25?,26+,27-,28+,30+,31-,32?,33-/m1/s1. The molecule has 1 heterocycles. The number of hydrogen-bond acceptors (Lipinski definition) is 11. The Morgan fingerprint density at radius 1 is 1.02 bits per heavy atom. The number of hydrogen-bond donors (Lipinski definition) is 2. The third-order valence-electron chi connectivity index (χ3n) is 12.8. The van der Waals surface area contributed by atoms with Crippen LogP contribution in [0, 0.1) is 34.5 Å². The second kappa shape index (κ2) is 10.2. The van der Waals surface area contributed by atoms with Gasteiger partial charge in [0.25, 0.3) is 0 Å².